The molecule has 5 aliphatic rings. The predicted octanol–water partition coefficient (Wildman–Crippen LogP) is 11.3. The van der Waals surface area contributed by atoms with Crippen LogP contribution in [0.25, 0.3) is 11.1 Å². The Morgan fingerprint density at radius 1 is 0.623 bits per heavy atom. The zero-order valence-corrected chi connectivity index (χ0v) is 33.9. The van der Waals surface area contributed by atoms with Crippen molar-refractivity contribution in [3.8, 4) is 11.1 Å². The largest absolute Gasteiger partial charge is 0.335 e. The van der Waals surface area contributed by atoms with Gasteiger partial charge in [-0.15, -0.1) is 0 Å². The van der Waals surface area contributed by atoms with E-state index >= 15 is 0 Å². The summed E-state index contributed by atoms with van der Waals surface area (Å²) < 4.78 is 0. The quantitative estimate of drug-likeness (QED) is 0.158. The standard InChI is InChI=1S/C50H55BN2/c1-30-26-40-43-41(27-30)53-44-37(49(10)24-14-15-25-50(49,53)11)28-32(47(5,6)7)29-39(44)51(43)38-23-22-35-34-16-12-13-17-36(34)48(8,9)42(35)45(38)52(40)33-20-18-31(19-21-33)46(2,3)4/h12-13,16-23,26-29H,14-15,24-25H2,1-11H3. The number of aryl methyl sites for hydroxylation is 1. The van der Waals surface area contributed by atoms with E-state index in [-0.39, 0.29) is 33.9 Å². The predicted molar refractivity (Wildman–Crippen MR) is 228 cm³/mol. The number of nitrogens with zero attached hydrogens (tertiary/aromatic N) is 2. The lowest BCUT2D eigenvalue weighted by Gasteiger charge is -2.53. The molecule has 53 heavy (non-hydrogen) atoms. The highest BCUT2D eigenvalue weighted by Crippen LogP contribution is 2.63. The van der Waals surface area contributed by atoms with Crippen LogP contribution in [0.5, 0.6) is 0 Å². The highest BCUT2D eigenvalue weighted by atomic mass is 15.3. The lowest BCUT2D eigenvalue weighted by Crippen LogP contribution is -2.64. The molecule has 1 saturated carbocycles. The number of anilines is 5. The molecule has 2 unspecified atom stereocenters. The topological polar surface area (TPSA) is 6.48 Å². The van der Waals surface area contributed by atoms with Crippen LogP contribution in [0.2, 0.25) is 0 Å². The maximum absolute atomic E-state index is 2.88. The summed E-state index contributed by atoms with van der Waals surface area (Å²) in [6.45, 7) is 26.8. The molecule has 2 atom stereocenters. The molecule has 0 amide bonds. The van der Waals surface area contributed by atoms with E-state index in [9.17, 15) is 0 Å². The second-order valence-corrected chi connectivity index (χ2v) is 20.2. The second kappa shape index (κ2) is 10.3. The van der Waals surface area contributed by atoms with Gasteiger partial charge < -0.3 is 9.80 Å². The summed E-state index contributed by atoms with van der Waals surface area (Å²) in [5, 5.41) is 0. The molecule has 3 heterocycles. The highest BCUT2D eigenvalue weighted by Gasteiger charge is 2.62. The molecule has 2 aliphatic carbocycles. The van der Waals surface area contributed by atoms with Gasteiger partial charge in [0, 0.05) is 39.3 Å². The summed E-state index contributed by atoms with van der Waals surface area (Å²) in [4.78, 5) is 5.57. The van der Waals surface area contributed by atoms with E-state index in [2.05, 4.69) is 171 Å². The summed E-state index contributed by atoms with van der Waals surface area (Å²) in [6, 6.07) is 34.0. The average Bonchev–Trinajstić information content (AvgIpc) is 3.47. The fraction of sp³-hybridized carbons (Fsp3) is 0.400. The fourth-order valence-corrected chi connectivity index (χ4v) is 11.6. The average molecular weight is 695 g/mol. The third-order valence-electron chi connectivity index (χ3n) is 14.7. The molecule has 10 rings (SSSR count). The smallest absolute Gasteiger partial charge is 0.252 e. The minimum Gasteiger partial charge on any atom is -0.335 e. The molecular formula is C50H55BN2. The van der Waals surface area contributed by atoms with Gasteiger partial charge in [-0.25, -0.2) is 0 Å². The SMILES string of the molecule is Cc1cc2c3c(c1)N1c4c(cc(C(C)(C)C)cc4C4(C)CCCCC14C)B3c1ccc3c(c1N2c1ccc(C(C)(C)C)cc1)C(C)(C)c1ccccc1-3. The number of rotatable bonds is 1. The van der Waals surface area contributed by atoms with Gasteiger partial charge >= 0.3 is 0 Å². The van der Waals surface area contributed by atoms with Crippen molar-refractivity contribution >= 4 is 51.5 Å². The normalized spacial score (nSPS) is 22.9. The molecule has 0 aromatic heterocycles. The molecule has 3 heteroatoms. The molecule has 0 radical (unpaired) electrons. The first-order valence-corrected chi connectivity index (χ1v) is 20.3. The fourth-order valence-electron chi connectivity index (χ4n) is 11.6. The van der Waals surface area contributed by atoms with Gasteiger partial charge in [0.25, 0.3) is 6.71 Å². The van der Waals surface area contributed by atoms with Crippen LogP contribution in [0.1, 0.15) is 128 Å². The van der Waals surface area contributed by atoms with Gasteiger partial charge in [0.05, 0.1) is 5.54 Å². The van der Waals surface area contributed by atoms with Crippen molar-refractivity contribution in [2.24, 2.45) is 0 Å². The zero-order valence-electron chi connectivity index (χ0n) is 33.9. The number of benzene rings is 5. The van der Waals surface area contributed by atoms with Crippen molar-refractivity contribution in [2.45, 2.75) is 129 Å². The van der Waals surface area contributed by atoms with E-state index in [1.807, 2.05) is 0 Å². The van der Waals surface area contributed by atoms with Gasteiger partial charge in [-0.1, -0.05) is 136 Å². The molecule has 0 N–H and O–H groups in total. The van der Waals surface area contributed by atoms with Crippen LogP contribution in [-0.2, 0) is 21.7 Å². The van der Waals surface area contributed by atoms with Crippen molar-refractivity contribution in [2.75, 3.05) is 9.80 Å². The third-order valence-corrected chi connectivity index (χ3v) is 14.7. The van der Waals surface area contributed by atoms with Crippen molar-refractivity contribution in [1.82, 2.24) is 0 Å². The van der Waals surface area contributed by atoms with Crippen molar-refractivity contribution in [3.05, 3.63) is 118 Å². The Labute approximate surface area is 318 Å². The van der Waals surface area contributed by atoms with Gasteiger partial charge in [0.1, 0.15) is 0 Å². The van der Waals surface area contributed by atoms with Gasteiger partial charge in [-0.2, -0.15) is 0 Å². The van der Waals surface area contributed by atoms with E-state index in [4.69, 9.17) is 0 Å². The van der Waals surface area contributed by atoms with E-state index in [1.165, 1.54) is 109 Å². The van der Waals surface area contributed by atoms with Crippen LogP contribution >= 0.6 is 0 Å². The van der Waals surface area contributed by atoms with Crippen LogP contribution in [0.4, 0.5) is 28.4 Å². The number of hydrogen-bond acceptors (Lipinski definition) is 2. The number of hydrogen-bond donors (Lipinski definition) is 0. The molecule has 0 saturated heterocycles. The molecule has 0 spiro atoms. The maximum atomic E-state index is 2.88. The lowest BCUT2D eigenvalue weighted by molar-refractivity contribution is 0.195. The highest BCUT2D eigenvalue weighted by molar-refractivity contribution is 7.00. The molecule has 1 fully saturated rings. The van der Waals surface area contributed by atoms with Crippen LogP contribution in [0.3, 0.4) is 0 Å². The Morgan fingerprint density at radius 2 is 1.30 bits per heavy atom. The number of fused-ring (bicyclic) bond motifs is 11. The van der Waals surface area contributed by atoms with E-state index in [0.29, 0.717) is 0 Å². The summed E-state index contributed by atoms with van der Waals surface area (Å²) >= 11 is 0. The molecule has 268 valence electrons. The molecule has 5 aromatic rings. The summed E-state index contributed by atoms with van der Waals surface area (Å²) in [6.07, 6.45) is 5.03. The van der Waals surface area contributed by atoms with Gasteiger partial charge in [0.2, 0.25) is 0 Å². The first-order chi connectivity index (χ1) is 25.0. The van der Waals surface area contributed by atoms with Gasteiger partial charge in [-0.3, -0.25) is 0 Å². The molecular weight excluding hydrogens is 639 g/mol. The van der Waals surface area contributed by atoms with E-state index < -0.39 is 0 Å². The van der Waals surface area contributed by atoms with Crippen molar-refractivity contribution < 1.29 is 0 Å². The molecule has 3 aliphatic heterocycles. The second-order valence-electron chi connectivity index (χ2n) is 20.2. The minimum absolute atomic E-state index is 0.00636. The van der Waals surface area contributed by atoms with Gasteiger partial charge in [0.15, 0.2) is 0 Å². The molecule has 5 aromatic carbocycles. The Morgan fingerprint density at radius 3 is 2.02 bits per heavy atom. The van der Waals surface area contributed by atoms with Crippen molar-refractivity contribution in [3.63, 3.8) is 0 Å². The van der Waals surface area contributed by atoms with Crippen molar-refractivity contribution in [1.29, 1.82) is 0 Å². The van der Waals surface area contributed by atoms with Crippen LogP contribution < -0.4 is 26.2 Å². The summed E-state index contributed by atoms with van der Waals surface area (Å²) in [7, 11) is 0. The van der Waals surface area contributed by atoms with E-state index in [0.717, 1.165) is 0 Å². The third kappa shape index (κ3) is 4.12. The molecule has 0 bridgehead atoms. The first kappa shape index (κ1) is 33.3. The van der Waals surface area contributed by atoms with Crippen LogP contribution in [-0.4, -0.2) is 12.3 Å². The summed E-state index contributed by atoms with van der Waals surface area (Å²) in [5.41, 5.74) is 22.8. The van der Waals surface area contributed by atoms with E-state index in [1.54, 1.807) is 5.56 Å². The molecule has 2 nitrogen and oxygen atoms in total. The summed E-state index contributed by atoms with van der Waals surface area (Å²) in [5.74, 6) is 0. The zero-order chi connectivity index (χ0) is 37.2. The first-order valence-electron chi connectivity index (χ1n) is 20.3. The van der Waals surface area contributed by atoms with Crippen LogP contribution in [0.15, 0.2) is 84.9 Å². The maximum Gasteiger partial charge on any atom is 0.252 e. The monoisotopic (exact) mass is 694 g/mol. The Kier molecular flexibility index (Phi) is 6.47. The lowest BCUT2D eigenvalue weighted by atomic mass is 9.33. The Hall–Kier alpha value is -4.24. The Bertz CT molecular complexity index is 2400. The Balaban J connectivity index is 1.36. The minimum atomic E-state index is -0.156. The van der Waals surface area contributed by atoms with Gasteiger partial charge in [-0.05, 0) is 123 Å². The van der Waals surface area contributed by atoms with Crippen LogP contribution in [0, 0.1) is 6.92 Å².